The lowest BCUT2D eigenvalue weighted by Gasteiger charge is -2.26. The molecule has 2 aromatic carbocycles. The van der Waals surface area contributed by atoms with Crippen LogP contribution >= 0.6 is 15.9 Å². The van der Waals surface area contributed by atoms with Crippen LogP contribution in [0.25, 0.3) is 0 Å². The van der Waals surface area contributed by atoms with Crippen molar-refractivity contribution in [1.82, 2.24) is 4.31 Å². The Morgan fingerprint density at radius 1 is 1.17 bits per heavy atom. The van der Waals surface area contributed by atoms with E-state index in [0.717, 1.165) is 0 Å². The van der Waals surface area contributed by atoms with Gasteiger partial charge in [0, 0.05) is 28.9 Å². The number of esters is 1. The van der Waals surface area contributed by atoms with Gasteiger partial charge in [0.15, 0.2) is 6.61 Å². The Morgan fingerprint density at radius 2 is 1.90 bits per heavy atom. The van der Waals surface area contributed by atoms with Gasteiger partial charge in [-0.15, -0.1) is 0 Å². The zero-order valence-corrected chi connectivity index (χ0v) is 18.2. The lowest BCUT2D eigenvalue weighted by atomic mass is 10.2. The molecule has 2 aromatic rings. The Morgan fingerprint density at radius 3 is 2.63 bits per heavy atom. The van der Waals surface area contributed by atoms with E-state index in [9.17, 15) is 18.0 Å². The van der Waals surface area contributed by atoms with E-state index in [1.54, 1.807) is 18.2 Å². The molecule has 0 radical (unpaired) electrons. The predicted octanol–water partition coefficient (Wildman–Crippen LogP) is 1.85. The molecule has 1 amide bonds. The third-order valence-electron chi connectivity index (χ3n) is 4.30. The van der Waals surface area contributed by atoms with Crippen molar-refractivity contribution in [2.24, 2.45) is 0 Å². The lowest BCUT2D eigenvalue weighted by Crippen LogP contribution is -2.40. The minimum absolute atomic E-state index is 0.0566. The minimum atomic E-state index is -3.69. The number of nitrogens with zero attached hydrogens (tertiary/aromatic N) is 1. The SMILES string of the molecule is Nc1ccc(Br)cc1C(=O)OCC(=O)Nc1cccc(S(=O)(=O)N2CCOCC2)c1. The van der Waals surface area contributed by atoms with Gasteiger partial charge in [-0.1, -0.05) is 22.0 Å². The number of carbonyl (C=O) groups excluding carboxylic acids is 2. The largest absolute Gasteiger partial charge is 0.452 e. The Bertz CT molecular complexity index is 1050. The number of carbonyl (C=O) groups is 2. The summed E-state index contributed by atoms with van der Waals surface area (Å²) in [6.45, 7) is 0.666. The number of ether oxygens (including phenoxy) is 2. The van der Waals surface area contributed by atoms with Gasteiger partial charge in [0.2, 0.25) is 10.0 Å². The molecule has 0 spiro atoms. The highest BCUT2D eigenvalue weighted by Crippen LogP contribution is 2.21. The zero-order valence-electron chi connectivity index (χ0n) is 15.8. The van der Waals surface area contributed by atoms with Crippen LogP contribution in [-0.4, -0.2) is 57.5 Å². The van der Waals surface area contributed by atoms with Crippen LogP contribution in [0.15, 0.2) is 51.8 Å². The number of benzene rings is 2. The number of halogens is 1. The van der Waals surface area contributed by atoms with Gasteiger partial charge in [0.25, 0.3) is 5.91 Å². The summed E-state index contributed by atoms with van der Waals surface area (Å²) < 4.78 is 37.6. The molecule has 1 saturated heterocycles. The molecule has 1 heterocycles. The monoisotopic (exact) mass is 497 g/mol. The number of nitrogen functional groups attached to an aromatic ring is 1. The molecule has 11 heteroatoms. The molecule has 0 aliphatic carbocycles. The van der Waals surface area contributed by atoms with Gasteiger partial charge in [-0.2, -0.15) is 4.31 Å². The standard InChI is InChI=1S/C19H20BrN3O6S/c20-13-4-5-17(21)16(10-13)19(25)29-12-18(24)22-14-2-1-3-15(11-14)30(26,27)23-6-8-28-9-7-23/h1-5,10-11H,6-9,12,21H2,(H,22,24). The van der Waals surface area contributed by atoms with Gasteiger partial charge in [-0.05, 0) is 36.4 Å². The second-order valence-corrected chi connectivity index (χ2v) is 9.25. The Hall–Kier alpha value is -2.47. The number of amides is 1. The van der Waals surface area contributed by atoms with E-state index in [0.29, 0.717) is 17.7 Å². The number of rotatable bonds is 6. The summed E-state index contributed by atoms with van der Waals surface area (Å²) in [4.78, 5) is 24.4. The molecule has 1 aliphatic rings. The molecular formula is C19H20BrN3O6S. The first kappa shape index (κ1) is 22.2. The van der Waals surface area contributed by atoms with E-state index >= 15 is 0 Å². The number of nitrogens with two attached hydrogens (primary N) is 1. The van der Waals surface area contributed by atoms with Gasteiger partial charge in [-0.25, -0.2) is 13.2 Å². The van der Waals surface area contributed by atoms with E-state index in [4.69, 9.17) is 15.2 Å². The smallest absolute Gasteiger partial charge is 0.340 e. The second kappa shape index (κ2) is 9.56. The normalized spacial score (nSPS) is 14.8. The number of hydrogen-bond donors (Lipinski definition) is 2. The molecule has 3 N–H and O–H groups in total. The Kier molecular flexibility index (Phi) is 7.08. The first-order chi connectivity index (χ1) is 14.3. The molecule has 0 bridgehead atoms. The molecule has 30 heavy (non-hydrogen) atoms. The van der Waals surface area contributed by atoms with Crippen molar-refractivity contribution >= 4 is 49.2 Å². The first-order valence-corrected chi connectivity index (χ1v) is 11.2. The molecule has 0 atom stereocenters. The Labute approximate surface area is 182 Å². The molecule has 1 aliphatic heterocycles. The summed E-state index contributed by atoms with van der Waals surface area (Å²) in [6, 6.07) is 10.6. The van der Waals surface area contributed by atoms with Crippen molar-refractivity contribution in [2.75, 3.05) is 44.0 Å². The molecule has 0 saturated carbocycles. The fraction of sp³-hybridized carbons (Fsp3) is 0.263. The molecule has 3 rings (SSSR count). The third kappa shape index (κ3) is 5.36. The van der Waals surface area contributed by atoms with Crippen LogP contribution in [0.1, 0.15) is 10.4 Å². The lowest BCUT2D eigenvalue weighted by molar-refractivity contribution is -0.119. The number of morpholine rings is 1. The van der Waals surface area contributed by atoms with Crippen molar-refractivity contribution < 1.29 is 27.5 Å². The van der Waals surface area contributed by atoms with Crippen LogP contribution in [-0.2, 0) is 24.3 Å². The van der Waals surface area contributed by atoms with Gasteiger partial charge in [-0.3, -0.25) is 4.79 Å². The van der Waals surface area contributed by atoms with E-state index in [2.05, 4.69) is 21.2 Å². The maximum absolute atomic E-state index is 12.7. The molecule has 1 fully saturated rings. The average Bonchev–Trinajstić information content (AvgIpc) is 2.74. The van der Waals surface area contributed by atoms with Crippen molar-refractivity contribution in [2.45, 2.75) is 4.90 Å². The van der Waals surface area contributed by atoms with Gasteiger partial charge in [0.1, 0.15) is 0 Å². The van der Waals surface area contributed by atoms with Crippen LogP contribution in [0.3, 0.4) is 0 Å². The molecule has 9 nitrogen and oxygen atoms in total. The maximum atomic E-state index is 12.7. The summed E-state index contributed by atoms with van der Waals surface area (Å²) in [5.41, 5.74) is 6.38. The van der Waals surface area contributed by atoms with Crippen molar-refractivity contribution in [3.05, 3.63) is 52.5 Å². The number of sulfonamides is 1. The van der Waals surface area contributed by atoms with Gasteiger partial charge < -0.3 is 20.5 Å². The van der Waals surface area contributed by atoms with Crippen LogP contribution < -0.4 is 11.1 Å². The van der Waals surface area contributed by atoms with Crippen molar-refractivity contribution in [1.29, 1.82) is 0 Å². The number of nitrogens with one attached hydrogen (secondary N) is 1. The second-order valence-electron chi connectivity index (χ2n) is 6.40. The van der Waals surface area contributed by atoms with E-state index < -0.39 is 28.5 Å². The highest BCUT2D eigenvalue weighted by molar-refractivity contribution is 9.10. The van der Waals surface area contributed by atoms with E-state index in [-0.39, 0.29) is 34.9 Å². The summed E-state index contributed by atoms with van der Waals surface area (Å²) >= 11 is 3.24. The van der Waals surface area contributed by atoms with E-state index in [1.807, 2.05) is 0 Å². The number of hydrogen-bond acceptors (Lipinski definition) is 7. The average molecular weight is 498 g/mol. The fourth-order valence-corrected chi connectivity index (χ4v) is 4.60. The summed E-state index contributed by atoms with van der Waals surface area (Å²) in [7, 11) is -3.69. The zero-order chi connectivity index (χ0) is 21.7. The van der Waals surface area contributed by atoms with Gasteiger partial charge in [0.05, 0.1) is 23.7 Å². The summed E-state index contributed by atoms with van der Waals surface area (Å²) in [6.07, 6.45) is 0. The highest BCUT2D eigenvalue weighted by atomic mass is 79.9. The quantitative estimate of drug-likeness (QED) is 0.460. The maximum Gasteiger partial charge on any atom is 0.340 e. The summed E-state index contributed by atoms with van der Waals surface area (Å²) in [5.74, 6) is -1.36. The van der Waals surface area contributed by atoms with Crippen LogP contribution in [0.2, 0.25) is 0 Å². The molecule has 0 aromatic heterocycles. The molecule has 160 valence electrons. The first-order valence-electron chi connectivity index (χ1n) is 8.97. The highest BCUT2D eigenvalue weighted by Gasteiger charge is 2.26. The van der Waals surface area contributed by atoms with Crippen LogP contribution in [0.4, 0.5) is 11.4 Å². The topological polar surface area (TPSA) is 128 Å². The van der Waals surface area contributed by atoms with Crippen LogP contribution in [0, 0.1) is 0 Å². The predicted molar refractivity (Wildman–Crippen MR) is 113 cm³/mol. The molecule has 0 unspecified atom stereocenters. The summed E-state index contributed by atoms with van der Waals surface area (Å²) in [5, 5.41) is 2.53. The van der Waals surface area contributed by atoms with Crippen molar-refractivity contribution in [3.63, 3.8) is 0 Å². The minimum Gasteiger partial charge on any atom is -0.452 e. The Balaban J connectivity index is 1.62. The van der Waals surface area contributed by atoms with E-state index in [1.165, 1.54) is 28.6 Å². The fourth-order valence-electron chi connectivity index (χ4n) is 2.78. The third-order valence-corrected chi connectivity index (χ3v) is 6.68. The van der Waals surface area contributed by atoms with Crippen molar-refractivity contribution in [3.8, 4) is 0 Å². The molecular weight excluding hydrogens is 478 g/mol. The van der Waals surface area contributed by atoms with Crippen LogP contribution in [0.5, 0.6) is 0 Å². The van der Waals surface area contributed by atoms with Gasteiger partial charge >= 0.3 is 5.97 Å². The number of anilines is 2.